The van der Waals surface area contributed by atoms with Gasteiger partial charge in [0.1, 0.15) is 6.10 Å². The lowest BCUT2D eigenvalue weighted by Crippen LogP contribution is -2.46. The van der Waals surface area contributed by atoms with Gasteiger partial charge in [-0.25, -0.2) is 0 Å². The second-order valence-corrected chi connectivity index (χ2v) is 16.2. The van der Waals surface area contributed by atoms with Gasteiger partial charge < -0.3 is 20.3 Å². The standard InChI is InChI=1S/C46H91NO5/c1-4-7-10-13-16-19-22-24-27-30-33-36-39-46(51)52-42(37-34-31-28-25-21-18-15-12-9-6-3)40-45(50)47-43(41-48)44(49)38-35-32-29-26-23-20-17-14-11-8-5-2/h42-44,48-49H,4-41H2,1-3H3,(H,47,50). The van der Waals surface area contributed by atoms with E-state index in [1.165, 1.54) is 167 Å². The molecule has 0 aromatic heterocycles. The Kier molecular flexibility index (Phi) is 40.1. The van der Waals surface area contributed by atoms with Crippen LogP contribution in [0.4, 0.5) is 0 Å². The number of carbonyl (C=O) groups is 2. The number of esters is 1. The summed E-state index contributed by atoms with van der Waals surface area (Å²) in [4.78, 5) is 25.9. The fourth-order valence-corrected chi connectivity index (χ4v) is 7.37. The van der Waals surface area contributed by atoms with Crippen molar-refractivity contribution in [3.05, 3.63) is 0 Å². The Balaban J connectivity index is 4.51. The topological polar surface area (TPSA) is 95.9 Å². The van der Waals surface area contributed by atoms with Gasteiger partial charge in [-0.15, -0.1) is 0 Å². The SMILES string of the molecule is CCCCCCCCCCCCCCC(=O)OC(CCCCCCCCCCCC)CC(=O)NC(CO)C(O)CCCCCCCCCCCCC. The number of nitrogens with one attached hydrogen (secondary N) is 1. The Morgan fingerprint density at radius 3 is 1.17 bits per heavy atom. The molecule has 0 aliphatic carbocycles. The maximum atomic E-state index is 13.1. The number of hydrogen-bond donors (Lipinski definition) is 3. The van der Waals surface area contributed by atoms with Crippen LogP contribution in [0.2, 0.25) is 0 Å². The summed E-state index contributed by atoms with van der Waals surface area (Å²) in [5.74, 6) is -0.459. The number of aliphatic hydroxyl groups is 2. The highest BCUT2D eigenvalue weighted by Crippen LogP contribution is 2.18. The third-order valence-corrected chi connectivity index (χ3v) is 10.9. The first kappa shape index (κ1) is 50.9. The molecule has 0 heterocycles. The van der Waals surface area contributed by atoms with Gasteiger partial charge in [0, 0.05) is 6.42 Å². The second-order valence-electron chi connectivity index (χ2n) is 16.2. The van der Waals surface area contributed by atoms with E-state index < -0.39 is 18.2 Å². The van der Waals surface area contributed by atoms with Crippen molar-refractivity contribution in [2.45, 2.75) is 277 Å². The molecular formula is C46H91NO5. The lowest BCUT2D eigenvalue weighted by molar-refractivity contribution is -0.151. The predicted molar refractivity (Wildman–Crippen MR) is 223 cm³/mol. The lowest BCUT2D eigenvalue weighted by atomic mass is 10.0. The summed E-state index contributed by atoms with van der Waals surface area (Å²) in [5, 5.41) is 23.6. The minimum Gasteiger partial charge on any atom is -0.462 e. The van der Waals surface area contributed by atoms with Gasteiger partial charge in [-0.05, 0) is 25.7 Å². The van der Waals surface area contributed by atoms with Crippen molar-refractivity contribution in [1.82, 2.24) is 5.32 Å². The Hall–Kier alpha value is -1.14. The van der Waals surface area contributed by atoms with Crippen LogP contribution in [0.15, 0.2) is 0 Å². The zero-order chi connectivity index (χ0) is 38.2. The highest BCUT2D eigenvalue weighted by Gasteiger charge is 2.24. The summed E-state index contributed by atoms with van der Waals surface area (Å²) < 4.78 is 5.90. The van der Waals surface area contributed by atoms with E-state index in [0.717, 1.165) is 44.9 Å². The van der Waals surface area contributed by atoms with Crippen molar-refractivity contribution >= 4 is 11.9 Å². The molecule has 0 radical (unpaired) electrons. The molecule has 0 aromatic carbocycles. The van der Waals surface area contributed by atoms with Crippen molar-refractivity contribution in [1.29, 1.82) is 0 Å². The molecule has 3 N–H and O–H groups in total. The maximum absolute atomic E-state index is 13.1. The molecule has 6 nitrogen and oxygen atoms in total. The number of carbonyl (C=O) groups excluding carboxylic acids is 2. The van der Waals surface area contributed by atoms with E-state index in [4.69, 9.17) is 4.74 Å². The van der Waals surface area contributed by atoms with Crippen LogP contribution in [0.25, 0.3) is 0 Å². The molecule has 0 rings (SSSR count). The number of amides is 1. The molecule has 0 saturated carbocycles. The van der Waals surface area contributed by atoms with Crippen LogP contribution in [0, 0.1) is 0 Å². The summed E-state index contributed by atoms with van der Waals surface area (Å²) >= 11 is 0. The molecule has 0 aliphatic rings. The molecule has 0 aromatic rings. The summed E-state index contributed by atoms with van der Waals surface area (Å²) in [7, 11) is 0. The van der Waals surface area contributed by atoms with Crippen molar-refractivity contribution in [3.8, 4) is 0 Å². The predicted octanol–water partition coefficient (Wildman–Crippen LogP) is 13.2. The van der Waals surface area contributed by atoms with Crippen LogP contribution < -0.4 is 5.32 Å². The van der Waals surface area contributed by atoms with E-state index in [1.54, 1.807) is 0 Å². The van der Waals surface area contributed by atoms with E-state index in [-0.39, 0.29) is 24.9 Å². The lowest BCUT2D eigenvalue weighted by Gasteiger charge is -2.24. The van der Waals surface area contributed by atoms with Crippen LogP contribution >= 0.6 is 0 Å². The van der Waals surface area contributed by atoms with E-state index >= 15 is 0 Å². The van der Waals surface area contributed by atoms with Crippen LogP contribution in [-0.2, 0) is 14.3 Å². The molecule has 52 heavy (non-hydrogen) atoms. The Morgan fingerprint density at radius 1 is 0.481 bits per heavy atom. The highest BCUT2D eigenvalue weighted by molar-refractivity contribution is 5.77. The van der Waals surface area contributed by atoms with Crippen LogP contribution in [-0.4, -0.2) is 46.9 Å². The van der Waals surface area contributed by atoms with Gasteiger partial charge in [-0.1, -0.05) is 220 Å². The molecular weight excluding hydrogens is 647 g/mol. The van der Waals surface area contributed by atoms with Gasteiger partial charge in [0.05, 0.1) is 25.2 Å². The third-order valence-electron chi connectivity index (χ3n) is 10.9. The van der Waals surface area contributed by atoms with Gasteiger partial charge in [0.15, 0.2) is 0 Å². The zero-order valence-electron chi connectivity index (χ0n) is 35.2. The van der Waals surface area contributed by atoms with Crippen molar-refractivity contribution in [3.63, 3.8) is 0 Å². The van der Waals surface area contributed by atoms with Gasteiger partial charge in [-0.3, -0.25) is 9.59 Å². The van der Waals surface area contributed by atoms with E-state index in [1.807, 2.05) is 0 Å². The zero-order valence-corrected chi connectivity index (χ0v) is 35.2. The first-order valence-corrected chi connectivity index (χ1v) is 23.3. The van der Waals surface area contributed by atoms with Crippen LogP contribution in [0.3, 0.4) is 0 Å². The number of hydrogen-bond acceptors (Lipinski definition) is 5. The second kappa shape index (κ2) is 41.0. The molecule has 310 valence electrons. The summed E-state index contributed by atoms with van der Waals surface area (Å²) in [6.45, 7) is 6.47. The fraction of sp³-hybridized carbons (Fsp3) is 0.957. The molecule has 3 atom stereocenters. The first-order chi connectivity index (χ1) is 25.5. The molecule has 0 spiro atoms. The number of aliphatic hydroxyl groups excluding tert-OH is 2. The number of ether oxygens (including phenoxy) is 1. The molecule has 0 aliphatic heterocycles. The van der Waals surface area contributed by atoms with Crippen molar-refractivity contribution in [2.75, 3.05) is 6.61 Å². The minimum atomic E-state index is -0.777. The number of unbranched alkanes of at least 4 members (excludes halogenated alkanes) is 30. The Bertz CT molecular complexity index is 746. The largest absolute Gasteiger partial charge is 0.462 e. The molecule has 0 fully saturated rings. The summed E-state index contributed by atoms with van der Waals surface area (Å²) in [6, 6.07) is -0.689. The fourth-order valence-electron chi connectivity index (χ4n) is 7.37. The van der Waals surface area contributed by atoms with E-state index in [2.05, 4.69) is 26.1 Å². The molecule has 1 amide bonds. The van der Waals surface area contributed by atoms with Gasteiger partial charge in [0.2, 0.25) is 5.91 Å². The maximum Gasteiger partial charge on any atom is 0.306 e. The van der Waals surface area contributed by atoms with Crippen LogP contribution in [0.1, 0.15) is 258 Å². The van der Waals surface area contributed by atoms with Gasteiger partial charge >= 0.3 is 5.97 Å². The third kappa shape index (κ3) is 35.9. The average molecular weight is 738 g/mol. The minimum absolute atomic E-state index is 0.0866. The Morgan fingerprint density at radius 2 is 0.808 bits per heavy atom. The van der Waals surface area contributed by atoms with Crippen molar-refractivity contribution in [2.24, 2.45) is 0 Å². The van der Waals surface area contributed by atoms with Crippen molar-refractivity contribution < 1.29 is 24.5 Å². The summed E-state index contributed by atoms with van der Waals surface area (Å²) in [6.07, 6.45) is 41.6. The normalized spacial score (nSPS) is 13.2. The van der Waals surface area contributed by atoms with Gasteiger partial charge in [0.25, 0.3) is 0 Å². The average Bonchev–Trinajstić information content (AvgIpc) is 3.13. The smallest absolute Gasteiger partial charge is 0.306 e. The monoisotopic (exact) mass is 738 g/mol. The van der Waals surface area contributed by atoms with Crippen LogP contribution in [0.5, 0.6) is 0 Å². The number of rotatable bonds is 42. The quantitative estimate of drug-likeness (QED) is 0.0428. The highest BCUT2D eigenvalue weighted by atomic mass is 16.5. The van der Waals surface area contributed by atoms with E-state index in [0.29, 0.717) is 19.3 Å². The molecule has 6 heteroatoms. The summed E-state index contributed by atoms with van der Waals surface area (Å²) in [5.41, 5.74) is 0. The van der Waals surface area contributed by atoms with Gasteiger partial charge in [-0.2, -0.15) is 0 Å². The molecule has 0 saturated heterocycles. The molecule has 0 bridgehead atoms. The van der Waals surface area contributed by atoms with E-state index in [9.17, 15) is 19.8 Å². The molecule has 3 unspecified atom stereocenters. The Labute approximate surface area is 324 Å². The first-order valence-electron chi connectivity index (χ1n) is 23.3.